The SMILES string of the molecule is FC(F)(F)Oc1ccc(C2CCNc3nnnn32)cc1. The van der Waals surface area contributed by atoms with Crippen molar-refractivity contribution in [1.29, 1.82) is 0 Å². The van der Waals surface area contributed by atoms with Gasteiger partial charge in [0.15, 0.2) is 0 Å². The summed E-state index contributed by atoms with van der Waals surface area (Å²) in [4.78, 5) is 0. The number of anilines is 1. The fraction of sp³-hybridized carbons (Fsp3) is 0.364. The Hall–Kier alpha value is -2.32. The van der Waals surface area contributed by atoms with E-state index in [4.69, 9.17) is 0 Å². The number of ether oxygens (including phenoxy) is 1. The van der Waals surface area contributed by atoms with Crippen LogP contribution in [0.3, 0.4) is 0 Å². The minimum atomic E-state index is -4.68. The molecule has 0 spiro atoms. The number of tetrazole rings is 1. The minimum Gasteiger partial charge on any atom is -0.406 e. The summed E-state index contributed by atoms with van der Waals surface area (Å²) in [7, 11) is 0. The Balaban J connectivity index is 1.83. The fourth-order valence-corrected chi connectivity index (χ4v) is 2.16. The van der Waals surface area contributed by atoms with Gasteiger partial charge in [0, 0.05) is 6.54 Å². The number of halogens is 3. The molecule has 1 unspecified atom stereocenters. The van der Waals surface area contributed by atoms with Crippen molar-refractivity contribution >= 4 is 5.95 Å². The van der Waals surface area contributed by atoms with E-state index in [0.717, 1.165) is 12.0 Å². The zero-order valence-electron chi connectivity index (χ0n) is 10.1. The van der Waals surface area contributed by atoms with Crippen LogP contribution >= 0.6 is 0 Å². The number of hydrogen-bond acceptors (Lipinski definition) is 5. The van der Waals surface area contributed by atoms with Crippen molar-refractivity contribution in [2.24, 2.45) is 0 Å². The van der Waals surface area contributed by atoms with Gasteiger partial charge in [-0.15, -0.1) is 13.2 Å². The van der Waals surface area contributed by atoms with Crippen molar-refractivity contribution in [2.45, 2.75) is 18.8 Å². The van der Waals surface area contributed by atoms with E-state index in [0.29, 0.717) is 12.5 Å². The molecule has 0 fully saturated rings. The molecule has 1 N–H and O–H groups in total. The zero-order chi connectivity index (χ0) is 14.2. The highest BCUT2D eigenvalue weighted by Gasteiger charge is 2.31. The van der Waals surface area contributed by atoms with Gasteiger partial charge in [0.2, 0.25) is 5.95 Å². The second kappa shape index (κ2) is 4.66. The molecule has 2 heterocycles. The summed E-state index contributed by atoms with van der Waals surface area (Å²) in [6.07, 6.45) is -3.93. The molecule has 1 atom stereocenters. The molecule has 2 aromatic rings. The third-order valence-corrected chi connectivity index (χ3v) is 2.99. The highest BCUT2D eigenvalue weighted by Crippen LogP contribution is 2.29. The molecule has 0 saturated carbocycles. The molecule has 106 valence electrons. The Bertz CT molecular complexity index is 595. The van der Waals surface area contributed by atoms with Crippen LogP contribution in [0, 0.1) is 0 Å². The molecule has 20 heavy (non-hydrogen) atoms. The monoisotopic (exact) mass is 285 g/mol. The van der Waals surface area contributed by atoms with Crippen LogP contribution in [0.15, 0.2) is 24.3 Å². The number of alkyl halides is 3. The van der Waals surface area contributed by atoms with E-state index >= 15 is 0 Å². The lowest BCUT2D eigenvalue weighted by molar-refractivity contribution is -0.274. The number of nitrogens with one attached hydrogen (secondary N) is 1. The molecule has 0 aliphatic carbocycles. The molecule has 3 rings (SSSR count). The van der Waals surface area contributed by atoms with Crippen LogP contribution in [0.25, 0.3) is 0 Å². The van der Waals surface area contributed by atoms with E-state index in [1.807, 2.05) is 0 Å². The van der Waals surface area contributed by atoms with Gasteiger partial charge in [-0.25, -0.2) is 4.68 Å². The second-order valence-corrected chi connectivity index (χ2v) is 4.30. The third kappa shape index (κ3) is 2.51. The predicted octanol–water partition coefficient (Wildman–Crippen LogP) is 1.98. The van der Waals surface area contributed by atoms with Crippen LogP contribution < -0.4 is 10.1 Å². The van der Waals surface area contributed by atoms with Gasteiger partial charge in [-0.2, -0.15) is 0 Å². The zero-order valence-corrected chi connectivity index (χ0v) is 10.1. The first-order valence-electron chi connectivity index (χ1n) is 5.90. The number of rotatable bonds is 2. The maximum atomic E-state index is 12.1. The van der Waals surface area contributed by atoms with Gasteiger partial charge >= 0.3 is 6.36 Å². The topological polar surface area (TPSA) is 64.9 Å². The lowest BCUT2D eigenvalue weighted by Gasteiger charge is -2.23. The molecule has 9 heteroatoms. The van der Waals surface area contributed by atoms with Gasteiger partial charge in [0.05, 0.1) is 6.04 Å². The molecular weight excluding hydrogens is 275 g/mol. The summed E-state index contributed by atoms with van der Waals surface area (Å²) in [6, 6.07) is 5.65. The van der Waals surface area contributed by atoms with Crippen molar-refractivity contribution in [3.05, 3.63) is 29.8 Å². The Morgan fingerprint density at radius 1 is 1.25 bits per heavy atom. The molecular formula is C11H10F3N5O. The van der Waals surface area contributed by atoms with Gasteiger partial charge < -0.3 is 10.1 Å². The summed E-state index contributed by atoms with van der Waals surface area (Å²) < 4.78 is 41.7. The van der Waals surface area contributed by atoms with Gasteiger partial charge in [-0.1, -0.05) is 17.2 Å². The van der Waals surface area contributed by atoms with Gasteiger partial charge in [-0.3, -0.25) is 0 Å². The van der Waals surface area contributed by atoms with Crippen LogP contribution in [0.5, 0.6) is 5.75 Å². The van der Waals surface area contributed by atoms with E-state index in [9.17, 15) is 13.2 Å². The number of aromatic nitrogens is 4. The number of nitrogens with zero attached hydrogens (tertiary/aromatic N) is 4. The lowest BCUT2D eigenvalue weighted by Crippen LogP contribution is -2.24. The summed E-state index contributed by atoms with van der Waals surface area (Å²) in [5.74, 6) is 0.309. The minimum absolute atomic E-state index is 0.0961. The van der Waals surface area contributed by atoms with Crippen molar-refractivity contribution in [1.82, 2.24) is 20.2 Å². The van der Waals surface area contributed by atoms with Crippen molar-refractivity contribution in [3.8, 4) is 5.75 Å². The Morgan fingerprint density at radius 3 is 2.70 bits per heavy atom. The van der Waals surface area contributed by atoms with E-state index in [-0.39, 0.29) is 11.8 Å². The van der Waals surface area contributed by atoms with Gasteiger partial charge in [-0.05, 0) is 34.5 Å². The molecule has 0 amide bonds. The Kier molecular flexibility index (Phi) is 2.96. The summed E-state index contributed by atoms with van der Waals surface area (Å²) in [5.41, 5.74) is 0.828. The first kappa shape index (κ1) is 12.7. The van der Waals surface area contributed by atoms with Gasteiger partial charge in [0.25, 0.3) is 0 Å². The highest BCUT2D eigenvalue weighted by molar-refractivity contribution is 5.34. The average molecular weight is 285 g/mol. The third-order valence-electron chi connectivity index (χ3n) is 2.99. The van der Waals surface area contributed by atoms with Gasteiger partial charge in [0.1, 0.15) is 5.75 Å². The maximum absolute atomic E-state index is 12.1. The van der Waals surface area contributed by atoms with Crippen LogP contribution in [0.4, 0.5) is 19.1 Å². The van der Waals surface area contributed by atoms with Crippen LogP contribution in [-0.4, -0.2) is 33.1 Å². The average Bonchev–Trinajstić information content (AvgIpc) is 2.86. The number of hydrogen-bond donors (Lipinski definition) is 1. The molecule has 1 aliphatic heterocycles. The Morgan fingerprint density at radius 2 is 2.00 bits per heavy atom. The maximum Gasteiger partial charge on any atom is 0.573 e. The molecule has 0 radical (unpaired) electrons. The van der Waals surface area contributed by atoms with Crippen molar-refractivity contribution in [2.75, 3.05) is 11.9 Å². The molecule has 6 nitrogen and oxygen atoms in total. The van der Waals surface area contributed by atoms with E-state index in [1.165, 1.54) is 12.1 Å². The fourth-order valence-electron chi connectivity index (χ4n) is 2.16. The Labute approximate surface area is 111 Å². The predicted molar refractivity (Wildman–Crippen MR) is 62.2 cm³/mol. The smallest absolute Gasteiger partial charge is 0.406 e. The van der Waals surface area contributed by atoms with Crippen LogP contribution in [0.2, 0.25) is 0 Å². The van der Waals surface area contributed by atoms with Crippen LogP contribution in [-0.2, 0) is 0 Å². The van der Waals surface area contributed by atoms with E-state index in [1.54, 1.807) is 16.8 Å². The summed E-state index contributed by atoms with van der Waals surface area (Å²) in [6.45, 7) is 0.700. The summed E-state index contributed by atoms with van der Waals surface area (Å²) in [5, 5.41) is 14.3. The molecule has 1 aromatic carbocycles. The normalized spacial score (nSPS) is 18.2. The largest absolute Gasteiger partial charge is 0.573 e. The van der Waals surface area contributed by atoms with E-state index in [2.05, 4.69) is 25.6 Å². The molecule has 1 aliphatic rings. The van der Waals surface area contributed by atoms with Crippen molar-refractivity contribution in [3.63, 3.8) is 0 Å². The lowest BCUT2D eigenvalue weighted by atomic mass is 10.0. The first-order valence-corrected chi connectivity index (χ1v) is 5.90. The molecule has 0 saturated heterocycles. The first-order chi connectivity index (χ1) is 9.53. The van der Waals surface area contributed by atoms with Crippen LogP contribution in [0.1, 0.15) is 18.0 Å². The quantitative estimate of drug-likeness (QED) is 0.914. The van der Waals surface area contributed by atoms with Crippen molar-refractivity contribution < 1.29 is 17.9 Å². The highest BCUT2D eigenvalue weighted by atomic mass is 19.4. The number of fused-ring (bicyclic) bond motifs is 1. The molecule has 0 bridgehead atoms. The standard InChI is InChI=1S/C11H10F3N5O/c12-11(13,14)20-8-3-1-7(2-4-8)9-5-6-15-10-16-17-18-19(9)10/h1-4,9H,5-6H2,(H,15,16,18). The second-order valence-electron chi connectivity index (χ2n) is 4.30. The summed E-state index contributed by atoms with van der Waals surface area (Å²) >= 11 is 0. The van der Waals surface area contributed by atoms with E-state index < -0.39 is 6.36 Å². The number of benzene rings is 1. The molecule has 1 aromatic heterocycles.